The molecule has 0 saturated heterocycles. The van der Waals surface area contributed by atoms with E-state index in [1.807, 2.05) is 6.92 Å². The summed E-state index contributed by atoms with van der Waals surface area (Å²) in [5, 5.41) is 0. The Morgan fingerprint density at radius 1 is 0.444 bits per heavy atom. The van der Waals surface area contributed by atoms with E-state index in [2.05, 4.69) is 20.8 Å². The average molecular weight is 393 g/mol. The van der Waals surface area contributed by atoms with Gasteiger partial charge in [0.25, 0.3) is 0 Å². The minimum Gasteiger partial charge on any atom is -0.381 e. The van der Waals surface area contributed by atoms with Gasteiger partial charge >= 0.3 is 0 Å². The Morgan fingerprint density at radius 2 is 0.778 bits per heavy atom. The normalized spacial score (nSPS) is 12.0. The van der Waals surface area contributed by atoms with E-state index >= 15 is 0 Å². The van der Waals surface area contributed by atoms with E-state index in [9.17, 15) is 0 Å². The standard InChI is InChI=1S/C21H44O6/c1-5-22-14-15-26-17-16-24-12-8-6-10-23-11-7-9-13-25-18-19-27-20-21(2,3)4/h5-20H2,1-4H3. The van der Waals surface area contributed by atoms with Gasteiger partial charge in [0.05, 0.1) is 46.2 Å². The van der Waals surface area contributed by atoms with Crippen LogP contribution in [-0.4, -0.2) is 79.3 Å². The summed E-state index contributed by atoms with van der Waals surface area (Å²) in [7, 11) is 0. The molecule has 0 unspecified atom stereocenters. The summed E-state index contributed by atoms with van der Waals surface area (Å²) in [5.74, 6) is 0. The van der Waals surface area contributed by atoms with Crippen molar-refractivity contribution in [2.45, 2.75) is 53.4 Å². The fourth-order valence-corrected chi connectivity index (χ4v) is 2.10. The van der Waals surface area contributed by atoms with Gasteiger partial charge in [0.2, 0.25) is 0 Å². The first-order valence-corrected chi connectivity index (χ1v) is 10.5. The molecule has 164 valence electrons. The first-order chi connectivity index (χ1) is 13.1. The molecule has 0 rings (SSSR count). The van der Waals surface area contributed by atoms with Gasteiger partial charge in [-0.25, -0.2) is 0 Å². The van der Waals surface area contributed by atoms with Gasteiger partial charge in [-0.1, -0.05) is 20.8 Å². The van der Waals surface area contributed by atoms with Crippen LogP contribution in [0.3, 0.4) is 0 Å². The smallest absolute Gasteiger partial charge is 0.0701 e. The van der Waals surface area contributed by atoms with Crippen LogP contribution in [0.25, 0.3) is 0 Å². The highest BCUT2D eigenvalue weighted by molar-refractivity contribution is 4.58. The summed E-state index contributed by atoms with van der Waals surface area (Å²) in [6.45, 7) is 17.1. The third-order valence-electron chi connectivity index (χ3n) is 3.51. The fraction of sp³-hybridized carbons (Fsp3) is 1.00. The molecule has 0 bridgehead atoms. The van der Waals surface area contributed by atoms with Crippen LogP contribution in [0.2, 0.25) is 0 Å². The van der Waals surface area contributed by atoms with Crippen molar-refractivity contribution in [3.63, 3.8) is 0 Å². The molecule has 0 fully saturated rings. The first-order valence-electron chi connectivity index (χ1n) is 10.5. The number of hydrogen-bond donors (Lipinski definition) is 0. The Balaban J connectivity index is 3.01. The average Bonchev–Trinajstić information content (AvgIpc) is 2.62. The lowest BCUT2D eigenvalue weighted by Crippen LogP contribution is -2.17. The van der Waals surface area contributed by atoms with Gasteiger partial charge in [-0.05, 0) is 38.0 Å². The van der Waals surface area contributed by atoms with E-state index in [0.717, 1.165) is 65.3 Å². The van der Waals surface area contributed by atoms with Crippen molar-refractivity contribution in [1.29, 1.82) is 0 Å². The highest BCUT2D eigenvalue weighted by Gasteiger charge is 2.09. The highest BCUT2D eigenvalue weighted by Crippen LogP contribution is 2.12. The summed E-state index contributed by atoms with van der Waals surface area (Å²) < 4.78 is 32.8. The van der Waals surface area contributed by atoms with Gasteiger partial charge in [0.15, 0.2) is 0 Å². The van der Waals surface area contributed by atoms with Crippen LogP contribution in [0.5, 0.6) is 0 Å². The molecule has 0 radical (unpaired) electrons. The van der Waals surface area contributed by atoms with Crippen molar-refractivity contribution in [3.8, 4) is 0 Å². The predicted molar refractivity (Wildman–Crippen MR) is 109 cm³/mol. The zero-order valence-electron chi connectivity index (χ0n) is 18.3. The van der Waals surface area contributed by atoms with Gasteiger partial charge in [-0.2, -0.15) is 0 Å². The Morgan fingerprint density at radius 3 is 1.19 bits per heavy atom. The second-order valence-corrected chi connectivity index (χ2v) is 7.67. The zero-order chi connectivity index (χ0) is 20.1. The minimum atomic E-state index is 0.224. The summed E-state index contributed by atoms with van der Waals surface area (Å²) >= 11 is 0. The van der Waals surface area contributed by atoms with Crippen molar-refractivity contribution in [2.75, 3.05) is 79.3 Å². The molecule has 0 aromatic rings. The van der Waals surface area contributed by atoms with E-state index in [4.69, 9.17) is 28.4 Å². The van der Waals surface area contributed by atoms with Crippen molar-refractivity contribution in [3.05, 3.63) is 0 Å². The SMILES string of the molecule is CCOCCOCCOCCCCOCCCCOCCOCC(C)(C)C. The molecule has 6 heteroatoms. The first kappa shape index (κ1) is 26.8. The zero-order valence-corrected chi connectivity index (χ0v) is 18.3. The largest absolute Gasteiger partial charge is 0.381 e. The van der Waals surface area contributed by atoms with Gasteiger partial charge in [-0.3, -0.25) is 0 Å². The van der Waals surface area contributed by atoms with E-state index in [1.165, 1.54) is 0 Å². The van der Waals surface area contributed by atoms with Gasteiger partial charge in [0.1, 0.15) is 0 Å². The maximum atomic E-state index is 5.62. The summed E-state index contributed by atoms with van der Waals surface area (Å²) in [6.07, 6.45) is 4.13. The number of hydrogen-bond acceptors (Lipinski definition) is 6. The lowest BCUT2D eigenvalue weighted by Gasteiger charge is -2.17. The Kier molecular flexibility index (Phi) is 20.3. The van der Waals surface area contributed by atoms with E-state index in [0.29, 0.717) is 39.6 Å². The van der Waals surface area contributed by atoms with Crippen LogP contribution >= 0.6 is 0 Å². The molecule has 6 nitrogen and oxygen atoms in total. The number of rotatable bonds is 21. The molecular weight excluding hydrogens is 348 g/mol. The van der Waals surface area contributed by atoms with Crippen molar-refractivity contribution < 1.29 is 28.4 Å². The van der Waals surface area contributed by atoms with Crippen molar-refractivity contribution >= 4 is 0 Å². The Hall–Kier alpha value is -0.240. The van der Waals surface area contributed by atoms with Gasteiger partial charge < -0.3 is 28.4 Å². The topological polar surface area (TPSA) is 55.4 Å². The van der Waals surface area contributed by atoms with Crippen LogP contribution in [-0.2, 0) is 28.4 Å². The highest BCUT2D eigenvalue weighted by atomic mass is 16.5. The Labute approximate surface area is 167 Å². The van der Waals surface area contributed by atoms with Crippen LogP contribution in [0.4, 0.5) is 0 Å². The van der Waals surface area contributed by atoms with E-state index < -0.39 is 0 Å². The molecule has 0 aliphatic carbocycles. The maximum absolute atomic E-state index is 5.62. The molecule has 0 amide bonds. The third-order valence-corrected chi connectivity index (χ3v) is 3.51. The van der Waals surface area contributed by atoms with Crippen LogP contribution in [0.1, 0.15) is 53.4 Å². The maximum Gasteiger partial charge on any atom is 0.0701 e. The molecule has 0 aliphatic rings. The van der Waals surface area contributed by atoms with Crippen molar-refractivity contribution in [2.24, 2.45) is 5.41 Å². The summed E-state index contributed by atoms with van der Waals surface area (Å²) in [6, 6.07) is 0. The molecule has 0 atom stereocenters. The molecule has 0 saturated carbocycles. The Bertz CT molecular complexity index is 280. The second kappa shape index (κ2) is 20.5. The van der Waals surface area contributed by atoms with E-state index in [-0.39, 0.29) is 5.41 Å². The number of ether oxygens (including phenoxy) is 6. The van der Waals surface area contributed by atoms with Crippen LogP contribution in [0.15, 0.2) is 0 Å². The van der Waals surface area contributed by atoms with Gasteiger partial charge in [0, 0.05) is 33.0 Å². The van der Waals surface area contributed by atoms with Crippen LogP contribution < -0.4 is 0 Å². The molecule has 0 aliphatic heterocycles. The molecule has 0 spiro atoms. The molecule has 27 heavy (non-hydrogen) atoms. The van der Waals surface area contributed by atoms with Gasteiger partial charge in [-0.15, -0.1) is 0 Å². The summed E-state index contributed by atoms with van der Waals surface area (Å²) in [5.41, 5.74) is 0.224. The van der Waals surface area contributed by atoms with Crippen molar-refractivity contribution in [1.82, 2.24) is 0 Å². The molecular formula is C21H44O6. The molecule has 0 aromatic carbocycles. The van der Waals surface area contributed by atoms with Crippen LogP contribution in [0, 0.1) is 5.41 Å². The lowest BCUT2D eigenvalue weighted by atomic mass is 9.99. The minimum absolute atomic E-state index is 0.224. The quantitative estimate of drug-likeness (QED) is 0.278. The summed E-state index contributed by atoms with van der Waals surface area (Å²) in [4.78, 5) is 0. The monoisotopic (exact) mass is 392 g/mol. The second-order valence-electron chi connectivity index (χ2n) is 7.67. The predicted octanol–water partition coefficient (Wildman–Crippen LogP) is 3.71. The molecule has 0 N–H and O–H groups in total. The fourth-order valence-electron chi connectivity index (χ4n) is 2.10. The van der Waals surface area contributed by atoms with E-state index in [1.54, 1.807) is 0 Å². The third kappa shape index (κ3) is 25.8. The lowest BCUT2D eigenvalue weighted by molar-refractivity contribution is 0.0142. The molecule has 0 heterocycles. The number of unbranched alkanes of at least 4 members (excludes halogenated alkanes) is 2. The molecule has 0 aromatic heterocycles.